The number of hydrogen-bond acceptors (Lipinski definition) is 12. The molecule has 0 radical (unpaired) electrons. The fraction of sp³-hybridized carbons (Fsp3) is 0.625. The molecule has 0 spiro atoms. The van der Waals surface area contributed by atoms with Gasteiger partial charge < -0.3 is 50.0 Å². The van der Waals surface area contributed by atoms with Gasteiger partial charge in [-0.3, -0.25) is 19.3 Å². The van der Waals surface area contributed by atoms with E-state index in [1.54, 1.807) is 0 Å². The summed E-state index contributed by atoms with van der Waals surface area (Å²) in [6, 6.07) is -1.41. The summed E-state index contributed by atoms with van der Waals surface area (Å²) in [7, 11) is 0. The Morgan fingerprint density at radius 3 is 2.33 bits per heavy atom. The Bertz CT molecular complexity index is 753. The summed E-state index contributed by atoms with van der Waals surface area (Å²) in [5.41, 5.74) is -5.69. The highest BCUT2D eigenvalue weighted by Crippen LogP contribution is 2.29. The van der Waals surface area contributed by atoms with Gasteiger partial charge in [-0.05, 0) is 6.92 Å². The van der Waals surface area contributed by atoms with E-state index in [9.17, 15) is 54.3 Å². The van der Waals surface area contributed by atoms with Crippen LogP contribution in [-0.2, 0) is 33.5 Å². The maximum Gasteiger partial charge on any atom is 0.309 e. The summed E-state index contributed by atoms with van der Waals surface area (Å²) in [6.07, 6.45) is -3.44. The topological polar surface area (TPSA) is 237 Å². The lowest BCUT2D eigenvalue weighted by Crippen LogP contribution is -2.63. The van der Waals surface area contributed by atoms with E-state index in [0.717, 1.165) is 6.92 Å². The molecule has 1 rings (SSSR count). The molecule has 3 N–H and O–H groups in total. The number of esters is 1. The predicted octanol–water partition coefficient (Wildman–Crippen LogP) is -6.89. The second-order valence-corrected chi connectivity index (χ2v) is 6.60. The minimum absolute atomic E-state index is 0.313. The number of aliphatic hydroxyl groups is 2. The maximum absolute atomic E-state index is 12.1. The third kappa shape index (κ3) is 5.64. The van der Waals surface area contributed by atoms with Crippen molar-refractivity contribution in [3.05, 3.63) is 0 Å². The zero-order valence-electron chi connectivity index (χ0n) is 15.7. The predicted molar refractivity (Wildman–Crippen MR) is 83.7 cm³/mol. The molecule has 1 aliphatic rings. The van der Waals surface area contributed by atoms with Crippen LogP contribution in [-0.4, -0.2) is 81.3 Å². The monoisotopic (exact) mass is 431 g/mol. The van der Waals surface area contributed by atoms with E-state index >= 15 is 0 Å². The smallest absolute Gasteiger partial charge is 0.309 e. The van der Waals surface area contributed by atoms with Crippen LogP contribution in [0.5, 0.6) is 0 Å². The highest BCUT2D eigenvalue weighted by Gasteiger charge is 2.49. The molecule has 1 heterocycles. The Morgan fingerprint density at radius 2 is 1.83 bits per heavy atom. The molecule has 0 aromatic heterocycles. The summed E-state index contributed by atoms with van der Waals surface area (Å²) in [5, 5.41) is 54.3. The van der Waals surface area contributed by atoms with Crippen molar-refractivity contribution in [3.63, 3.8) is 0 Å². The van der Waals surface area contributed by atoms with E-state index in [1.807, 2.05) is 0 Å². The second kappa shape index (κ2) is 9.49. The Balaban J connectivity index is 2.55. The number of likely N-dealkylation sites (tertiary alicyclic amines) is 1. The molecule has 168 valence electrons. The first-order chi connectivity index (χ1) is 13.7. The van der Waals surface area contributed by atoms with Gasteiger partial charge in [-0.15, -0.1) is 0 Å². The molecule has 0 saturated carbocycles. The Hall–Kier alpha value is -3.26. The summed E-state index contributed by atoms with van der Waals surface area (Å²) < 4.78 is 4.57. The first kappa shape index (κ1) is 24.8. The van der Waals surface area contributed by atoms with Gasteiger partial charge in [0, 0.05) is 25.2 Å². The molecule has 2 amide bonds. The van der Waals surface area contributed by atoms with E-state index in [2.05, 4.69) is 10.1 Å². The highest BCUT2D eigenvalue weighted by atomic mass is 16.5. The van der Waals surface area contributed by atoms with Crippen molar-refractivity contribution in [2.24, 2.45) is 0 Å². The Morgan fingerprint density at radius 1 is 1.23 bits per heavy atom. The third-order valence-electron chi connectivity index (χ3n) is 4.37. The van der Waals surface area contributed by atoms with Crippen LogP contribution in [0.25, 0.3) is 0 Å². The number of nitrogens with one attached hydrogen (secondary N) is 1. The number of ether oxygens (including phenoxy) is 1. The molecule has 1 fully saturated rings. The Labute approximate surface area is 169 Å². The van der Waals surface area contributed by atoms with Crippen molar-refractivity contribution in [1.29, 1.82) is 0 Å². The summed E-state index contributed by atoms with van der Waals surface area (Å²) >= 11 is 0. The molecule has 30 heavy (non-hydrogen) atoms. The minimum atomic E-state index is -3.04. The summed E-state index contributed by atoms with van der Waals surface area (Å²) in [4.78, 5) is 68.4. The lowest BCUT2D eigenvalue weighted by molar-refractivity contribution is -0.334. The number of hydrogen-bond donors (Lipinski definition) is 3. The number of carbonyl (C=O) groups excluding carboxylic acids is 6. The van der Waals surface area contributed by atoms with Gasteiger partial charge in [0.05, 0.1) is 24.9 Å². The average molecular weight is 431 g/mol. The van der Waals surface area contributed by atoms with Gasteiger partial charge in [0.2, 0.25) is 11.8 Å². The molecular weight excluding hydrogens is 412 g/mol. The van der Waals surface area contributed by atoms with Gasteiger partial charge in [-0.2, -0.15) is 0 Å². The molecule has 2 unspecified atom stereocenters. The molecule has 0 bridgehead atoms. The lowest BCUT2D eigenvalue weighted by Gasteiger charge is -2.37. The van der Waals surface area contributed by atoms with Crippen LogP contribution in [0, 0.1) is 0 Å². The summed E-state index contributed by atoms with van der Waals surface area (Å²) in [6.45, 7) is 0.244. The van der Waals surface area contributed by atoms with Crippen molar-refractivity contribution in [2.45, 2.75) is 50.0 Å². The molecule has 1 aliphatic heterocycles. The van der Waals surface area contributed by atoms with E-state index in [4.69, 9.17) is 0 Å². The average Bonchev–Trinajstić information content (AvgIpc) is 2.93. The van der Waals surface area contributed by atoms with Crippen LogP contribution in [0.3, 0.4) is 0 Å². The van der Waals surface area contributed by atoms with E-state index in [0.29, 0.717) is 4.90 Å². The van der Waals surface area contributed by atoms with Crippen LogP contribution in [0.1, 0.15) is 32.6 Å². The standard InChI is InChI=1S/C16H22N2O12/c1-8(18-9(19)2-3-16(18,29)14(26)27)12(23)17-4-5-30-11(22)7-15(28,13(24)25)6-10(20)21/h8,28-29H,2-7H2,1H3,(H,17,23)(H,20,21)(H,24,25)(H,26,27)/p-3/t8-,15?,16?/m0/s1. The number of carboxylic acid groups (broad SMARTS) is 3. The largest absolute Gasteiger partial charge is 0.550 e. The van der Waals surface area contributed by atoms with Crippen LogP contribution in [0.4, 0.5) is 0 Å². The quantitative estimate of drug-likeness (QED) is 0.204. The Kier molecular flexibility index (Phi) is 7.84. The van der Waals surface area contributed by atoms with Crippen LogP contribution >= 0.6 is 0 Å². The van der Waals surface area contributed by atoms with Crippen molar-refractivity contribution in [1.82, 2.24) is 10.2 Å². The van der Waals surface area contributed by atoms with Gasteiger partial charge in [-0.25, -0.2) is 0 Å². The molecule has 3 atom stereocenters. The molecule has 0 aromatic carbocycles. The van der Waals surface area contributed by atoms with Crippen molar-refractivity contribution in [2.75, 3.05) is 13.2 Å². The van der Waals surface area contributed by atoms with Crippen molar-refractivity contribution < 1.29 is 59.0 Å². The number of aliphatic carboxylic acids is 3. The molecule has 14 nitrogen and oxygen atoms in total. The molecule has 0 aliphatic carbocycles. The van der Waals surface area contributed by atoms with Gasteiger partial charge in [0.25, 0.3) is 0 Å². The molecule has 1 saturated heterocycles. The van der Waals surface area contributed by atoms with E-state index in [1.165, 1.54) is 0 Å². The van der Waals surface area contributed by atoms with Gasteiger partial charge >= 0.3 is 5.97 Å². The highest BCUT2D eigenvalue weighted by molar-refractivity contribution is 5.93. The van der Waals surface area contributed by atoms with Crippen LogP contribution < -0.4 is 20.6 Å². The van der Waals surface area contributed by atoms with Crippen molar-refractivity contribution >= 4 is 35.7 Å². The summed E-state index contributed by atoms with van der Waals surface area (Å²) in [5.74, 6) is -9.11. The number of carbonyl (C=O) groups is 6. The first-order valence-corrected chi connectivity index (χ1v) is 8.57. The molecule has 14 heteroatoms. The number of rotatable bonds is 11. The van der Waals surface area contributed by atoms with Gasteiger partial charge in [0.1, 0.15) is 18.2 Å². The van der Waals surface area contributed by atoms with Crippen LogP contribution in [0.2, 0.25) is 0 Å². The van der Waals surface area contributed by atoms with Crippen molar-refractivity contribution in [3.8, 4) is 0 Å². The van der Waals surface area contributed by atoms with E-state index in [-0.39, 0.29) is 13.0 Å². The second-order valence-electron chi connectivity index (χ2n) is 6.60. The SMILES string of the molecule is C[C@@H](C(=O)NCCOC(=O)CC(O)(CC(=O)[O-])C(=O)[O-])N1C(=O)CCC1(O)C(=O)[O-]. The fourth-order valence-corrected chi connectivity index (χ4v) is 2.80. The number of nitrogens with zero attached hydrogens (tertiary/aromatic N) is 1. The van der Waals surface area contributed by atoms with Crippen LogP contribution in [0.15, 0.2) is 0 Å². The maximum atomic E-state index is 12.1. The normalized spacial score (nSPS) is 21.4. The number of carboxylic acids is 3. The lowest BCUT2D eigenvalue weighted by atomic mass is 9.96. The first-order valence-electron chi connectivity index (χ1n) is 8.57. The zero-order chi connectivity index (χ0) is 23.3. The molecule has 0 aromatic rings. The van der Waals surface area contributed by atoms with E-state index < -0.39 is 78.9 Å². The minimum Gasteiger partial charge on any atom is -0.550 e. The number of amides is 2. The fourth-order valence-electron chi connectivity index (χ4n) is 2.80. The zero-order valence-corrected chi connectivity index (χ0v) is 15.7. The molecular formula is C16H19N2O12-3. The van der Waals surface area contributed by atoms with Gasteiger partial charge in [-0.1, -0.05) is 0 Å². The van der Waals surface area contributed by atoms with Gasteiger partial charge in [0.15, 0.2) is 5.72 Å². The third-order valence-corrected chi connectivity index (χ3v) is 4.37.